The number of hydrogen-bond acceptors (Lipinski definition) is 7. The third kappa shape index (κ3) is 6.89. The zero-order valence-electron chi connectivity index (χ0n) is 24.3. The summed E-state index contributed by atoms with van der Waals surface area (Å²) in [5, 5.41) is 7.84. The third-order valence-corrected chi connectivity index (χ3v) is 9.97. The number of nitrogens with one attached hydrogen (secondary N) is 1. The van der Waals surface area contributed by atoms with Gasteiger partial charge in [-0.2, -0.15) is 0 Å². The van der Waals surface area contributed by atoms with Crippen molar-refractivity contribution in [3.8, 4) is 24.9 Å². The van der Waals surface area contributed by atoms with Gasteiger partial charge in [-0.05, 0) is 63.1 Å². The number of aromatic nitrogens is 3. The minimum absolute atomic E-state index is 0.0840. The van der Waals surface area contributed by atoms with Gasteiger partial charge in [-0.25, -0.2) is 18.7 Å². The monoisotopic (exact) mass is 608 g/mol. The molecule has 5 heterocycles. The second kappa shape index (κ2) is 13.4. The Bertz CT molecular complexity index is 1760. The number of para-hydroxylation sites is 1. The van der Waals surface area contributed by atoms with Crippen LogP contribution in [0, 0.1) is 30.8 Å². The summed E-state index contributed by atoms with van der Waals surface area (Å²) in [5.41, 5.74) is 2.95. The number of fused-ring (bicyclic) bond motifs is 3. The van der Waals surface area contributed by atoms with E-state index < -0.39 is 23.0 Å². The standard InChI is InChI=1S/C15H13F2N3O.C15H19NO2S.C2H2O/c16-13(17)14-18-11-9-5-1-2-6-10(9)21-12(11)15(19-14)20-7-3-4-8-20;1-5-11-6-12(14(17)16-8-11)13-7-15(3,4)19(18)9-10(13)2;1-2-3/h1-2,5-6,13H,3-4,7-8H2;1,6,8,10,13H,7,9H2,2-4H3,(H,16,17);1,3H/t;10-,13?,19?;/m.0./s1. The van der Waals surface area contributed by atoms with E-state index in [4.69, 9.17) is 15.9 Å². The van der Waals surface area contributed by atoms with Gasteiger partial charge in [0.05, 0.1) is 0 Å². The van der Waals surface area contributed by atoms with Gasteiger partial charge in [-0.1, -0.05) is 31.4 Å². The fourth-order valence-corrected chi connectivity index (χ4v) is 7.04. The molecular weight excluding hydrogens is 574 g/mol. The molecule has 1 aromatic carbocycles. The molecule has 8 nitrogen and oxygen atoms in total. The molecule has 2 fully saturated rings. The lowest BCUT2D eigenvalue weighted by molar-refractivity contribution is 0.141. The number of furan rings is 1. The summed E-state index contributed by atoms with van der Waals surface area (Å²) in [4.78, 5) is 24.8. The number of anilines is 1. The molecular formula is C32H34F2N4O4S. The number of hydrogen-bond donors (Lipinski definition) is 2. The molecule has 11 heteroatoms. The van der Waals surface area contributed by atoms with Crippen LogP contribution in [0.1, 0.15) is 69.3 Å². The van der Waals surface area contributed by atoms with E-state index in [9.17, 15) is 17.8 Å². The van der Waals surface area contributed by atoms with Crippen molar-refractivity contribution in [1.29, 1.82) is 0 Å². The molecule has 3 aromatic heterocycles. The first-order valence-corrected chi connectivity index (χ1v) is 15.2. The Balaban J connectivity index is 0.000000182. The average molecular weight is 609 g/mol. The fourth-order valence-electron chi connectivity index (χ4n) is 5.51. The highest BCUT2D eigenvalue weighted by Gasteiger charge is 2.40. The summed E-state index contributed by atoms with van der Waals surface area (Å²) < 4.78 is 43.9. The molecule has 2 aliphatic rings. The Morgan fingerprint density at radius 1 is 1.21 bits per heavy atom. The van der Waals surface area contributed by atoms with E-state index in [0.29, 0.717) is 33.8 Å². The molecule has 6 rings (SSSR count). The minimum atomic E-state index is -2.69. The second-order valence-electron chi connectivity index (χ2n) is 11.2. The Morgan fingerprint density at radius 2 is 1.88 bits per heavy atom. The number of aliphatic hydroxyl groups is 1. The SMILES string of the molecule is C#CO.C#Cc1c[nH]c(=O)c(C2CC(C)(C)S(=O)C[C@@H]2C)c1.FC(F)c1nc(N2CCCC2)c2oc3ccccc3c2n1. The molecule has 0 bridgehead atoms. The summed E-state index contributed by atoms with van der Waals surface area (Å²) >= 11 is 0. The van der Waals surface area contributed by atoms with Crippen LogP contribution >= 0.6 is 0 Å². The van der Waals surface area contributed by atoms with Gasteiger partial charge in [0.2, 0.25) is 0 Å². The first-order chi connectivity index (χ1) is 20.5. The molecule has 4 aromatic rings. The van der Waals surface area contributed by atoms with Crippen LogP contribution in [0.2, 0.25) is 0 Å². The molecule has 43 heavy (non-hydrogen) atoms. The van der Waals surface area contributed by atoms with Gasteiger partial charge in [0.15, 0.2) is 17.2 Å². The largest absolute Gasteiger partial charge is 0.462 e. The molecule has 2 unspecified atom stereocenters. The number of aliphatic hydroxyl groups excluding tert-OH is 1. The lowest BCUT2D eigenvalue weighted by Gasteiger charge is -2.38. The van der Waals surface area contributed by atoms with E-state index in [1.54, 1.807) is 12.3 Å². The maximum Gasteiger partial charge on any atom is 0.297 e. The van der Waals surface area contributed by atoms with Gasteiger partial charge in [0, 0.05) is 57.1 Å². The highest BCUT2D eigenvalue weighted by molar-refractivity contribution is 7.86. The summed E-state index contributed by atoms with van der Waals surface area (Å²) in [6.45, 7) is 7.68. The first kappa shape index (κ1) is 31.7. The molecule has 2 N–H and O–H groups in total. The van der Waals surface area contributed by atoms with Crippen LogP contribution in [0.4, 0.5) is 14.6 Å². The molecule has 0 amide bonds. The summed E-state index contributed by atoms with van der Waals surface area (Å²) in [6, 6.07) is 9.13. The Hall–Kier alpha value is -4.22. The van der Waals surface area contributed by atoms with E-state index in [0.717, 1.165) is 43.3 Å². The van der Waals surface area contributed by atoms with Crippen molar-refractivity contribution in [2.45, 2.75) is 57.1 Å². The van der Waals surface area contributed by atoms with Gasteiger partial charge in [-0.3, -0.25) is 9.00 Å². The molecule has 3 atom stereocenters. The van der Waals surface area contributed by atoms with Crippen LogP contribution in [0.25, 0.3) is 22.1 Å². The van der Waals surface area contributed by atoms with Crippen molar-refractivity contribution >= 4 is 38.7 Å². The average Bonchev–Trinajstić information content (AvgIpc) is 3.64. The van der Waals surface area contributed by atoms with Gasteiger partial charge in [0.1, 0.15) is 17.2 Å². The molecule has 0 radical (unpaired) electrons. The number of rotatable bonds is 3. The molecule has 2 saturated heterocycles. The van der Waals surface area contributed by atoms with Crippen LogP contribution in [0.5, 0.6) is 0 Å². The number of halogens is 2. The highest BCUT2D eigenvalue weighted by Crippen LogP contribution is 2.40. The topological polar surface area (TPSA) is 112 Å². The Morgan fingerprint density at radius 3 is 2.53 bits per heavy atom. The van der Waals surface area contributed by atoms with Gasteiger partial charge < -0.3 is 19.4 Å². The van der Waals surface area contributed by atoms with Crippen molar-refractivity contribution in [3.63, 3.8) is 0 Å². The smallest absolute Gasteiger partial charge is 0.297 e. The van der Waals surface area contributed by atoms with Crippen LogP contribution < -0.4 is 10.5 Å². The van der Waals surface area contributed by atoms with Crippen LogP contribution in [-0.2, 0) is 10.8 Å². The Labute approximate surface area is 251 Å². The predicted molar refractivity (Wildman–Crippen MR) is 165 cm³/mol. The summed E-state index contributed by atoms with van der Waals surface area (Å²) in [6.07, 6.45) is 12.5. The number of alkyl halides is 2. The lowest BCUT2D eigenvalue weighted by Crippen LogP contribution is -2.41. The lowest BCUT2D eigenvalue weighted by atomic mass is 9.81. The van der Waals surface area contributed by atoms with Crippen molar-refractivity contribution in [1.82, 2.24) is 15.0 Å². The van der Waals surface area contributed by atoms with Crippen LogP contribution in [0.15, 0.2) is 45.7 Å². The zero-order chi connectivity index (χ0) is 31.3. The van der Waals surface area contributed by atoms with Gasteiger partial charge in [0.25, 0.3) is 12.0 Å². The molecule has 2 aliphatic heterocycles. The first-order valence-electron chi connectivity index (χ1n) is 13.9. The third-order valence-electron chi connectivity index (χ3n) is 7.75. The Kier molecular flexibility index (Phi) is 9.87. The molecule has 0 aliphatic carbocycles. The number of H-pyrrole nitrogens is 1. The van der Waals surface area contributed by atoms with E-state index >= 15 is 0 Å². The normalized spacial score (nSPS) is 20.9. The van der Waals surface area contributed by atoms with Crippen molar-refractivity contribution < 1.29 is 22.5 Å². The number of pyridine rings is 1. The highest BCUT2D eigenvalue weighted by atomic mass is 32.2. The number of aromatic amines is 1. The number of benzene rings is 1. The van der Waals surface area contributed by atoms with E-state index in [1.807, 2.05) is 43.0 Å². The number of terminal acetylenes is 2. The van der Waals surface area contributed by atoms with E-state index in [-0.39, 0.29) is 22.1 Å². The van der Waals surface area contributed by atoms with Gasteiger partial charge in [-0.15, -0.1) is 6.42 Å². The van der Waals surface area contributed by atoms with Crippen molar-refractivity contribution in [2.75, 3.05) is 23.7 Å². The molecule has 0 saturated carbocycles. The minimum Gasteiger partial charge on any atom is -0.462 e. The summed E-state index contributed by atoms with van der Waals surface area (Å²) in [5.74, 6) is 3.58. The van der Waals surface area contributed by atoms with E-state index in [2.05, 4.69) is 34.2 Å². The van der Waals surface area contributed by atoms with Crippen molar-refractivity contribution in [3.05, 3.63) is 63.8 Å². The quantitative estimate of drug-likeness (QED) is 0.280. The van der Waals surface area contributed by atoms with Gasteiger partial charge >= 0.3 is 0 Å². The van der Waals surface area contributed by atoms with Crippen molar-refractivity contribution in [2.24, 2.45) is 5.92 Å². The molecule has 0 spiro atoms. The van der Waals surface area contributed by atoms with Crippen LogP contribution in [-0.4, -0.2) is 47.9 Å². The van der Waals surface area contributed by atoms with E-state index in [1.165, 1.54) is 6.11 Å². The maximum atomic E-state index is 13.1. The number of nitrogens with zero attached hydrogens (tertiary/aromatic N) is 3. The molecule has 226 valence electrons. The predicted octanol–water partition coefficient (Wildman–Crippen LogP) is 5.87. The second-order valence-corrected chi connectivity index (χ2v) is 13.3. The zero-order valence-corrected chi connectivity index (χ0v) is 25.1. The van der Waals surface area contributed by atoms with Crippen LogP contribution in [0.3, 0.4) is 0 Å². The summed E-state index contributed by atoms with van der Waals surface area (Å²) in [7, 11) is -0.841. The maximum absolute atomic E-state index is 13.1. The fraction of sp³-hybridized carbons (Fsp3) is 0.406.